The van der Waals surface area contributed by atoms with Gasteiger partial charge in [0, 0.05) is 10.5 Å². The molecule has 0 heterocycles. The molecule has 0 aliphatic carbocycles. The maximum Gasteiger partial charge on any atom is 0.173 e. The van der Waals surface area contributed by atoms with Gasteiger partial charge < -0.3 is 0 Å². The molecule has 0 aromatic heterocycles. The van der Waals surface area contributed by atoms with E-state index in [1.807, 2.05) is 54.6 Å². The number of hydrogen-bond acceptors (Lipinski definition) is 2. The zero-order chi connectivity index (χ0) is 14.7. The van der Waals surface area contributed by atoms with E-state index in [1.54, 1.807) is 11.8 Å². The molecule has 0 fully saturated rings. The lowest BCUT2D eigenvalue weighted by molar-refractivity contribution is 0.102. The van der Waals surface area contributed by atoms with Crippen molar-refractivity contribution >= 4 is 28.3 Å². The van der Waals surface area contributed by atoms with E-state index >= 15 is 0 Å². The fourth-order valence-corrected chi connectivity index (χ4v) is 3.32. The average molecular weight is 292 g/mol. The highest BCUT2D eigenvalue weighted by Gasteiger charge is 2.10. The molecule has 0 bridgehead atoms. The zero-order valence-electron chi connectivity index (χ0n) is 11.9. The van der Waals surface area contributed by atoms with Gasteiger partial charge in [-0.2, -0.15) is 0 Å². The van der Waals surface area contributed by atoms with Gasteiger partial charge in [0.2, 0.25) is 0 Å². The van der Waals surface area contributed by atoms with Gasteiger partial charge >= 0.3 is 0 Å². The molecule has 0 aliphatic rings. The molecule has 21 heavy (non-hydrogen) atoms. The first-order valence-corrected chi connectivity index (χ1v) is 7.93. The van der Waals surface area contributed by atoms with Crippen molar-refractivity contribution in [2.45, 2.75) is 11.8 Å². The van der Waals surface area contributed by atoms with Crippen molar-refractivity contribution in [3.63, 3.8) is 0 Å². The Hall–Kier alpha value is -2.06. The van der Waals surface area contributed by atoms with E-state index < -0.39 is 0 Å². The zero-order valence-corrected chi connectivity index (χ0v) is 12.7. The molecular formula is C19H16OS. The molecule has 0 spiro atoms. The molecule has 1 nitrogen and oxygen atoms in total. The molecule has 0 unspecified atom stereocenters. The number of rotatable bonds is 4. The molecule has 0 amide bonds. The van der Waals surface area contributed by atoms with Gasteiger partial charge in [0.1, 0.15) is 0 Å². The van der Waals surface area contributed by atoms with E-state index in [0.29, 0.717) is 5.75 Å². The molecule has 0 saturated heterocycles. The molecule has 3 rings (SSSR count). The van der Waals surface area contributed by atoms with Crippen LogP contribution in [0.4, 0.5) is 0 Å². The third kappa shape index (κ3) is 3.01. The molecule has 2 heteroatoms. The summed E-state index contributed by atoms with van der Waals surface area (Å²) in [7, 11) is 0. The van der Waals surface area contributed by atoms with E-state index in [4.69, 9.17) is 0 Å². The Morgan fingerprint density at radius 3 is 2.48 bits per heavy atom. The Morgan fingerprint density at radius 2 is 1.62 bits per heavy atom. The summed E-state index contributed by atoms with van der Waals surface area (Å²) in [6.45, 7) is 2.07. The number of thioether (sulfide) groups is 1. The van der Waals surface area contributed by atoms with Crippen LogP contribution in [0, 0.1) is 6.92 Å². The highest BCUT2D eigenvalue weighted by molar-refractivity contribution is 8.00. The Labute approximate surface area is 129 Å². The lowest BCUT2D eigenvalue weighted by Gasteiger charge is -2.07. The summed E-state index contributed by atoms with van der Waals surface area (Å²) in [6, 6.07) is 22.1. The molecule has 3 aromatic rings. The first-order valence-electron chi connectivity index (χ1n) is 6.95. The number of carbonyl (C=O) groups excluding carboxylic acids is 1. The van der Waals surface area contributed by atoms with Crippen molar-refractivity contribution in [1.29, 1.82) is 0 Å². The maximum atomic E-state index is 12.5. The monoisotopic (exact) mass is 292 g/mol. The summed E-state index contributed by atoms with van der Waals surface area (Å²) >= 11 is 1.61. The SMILES string of the molecule is Cc1ccccc1SCC(=O)c1cccc2ccccc12. The van der Waals surface area contributed by atoms with E-state index in [2.05, 4.69) is 19.1 Å². The van der Waals surface area contributed by atoms with Crippen LogP contribution >= 0.6 is 11.8 Å². The van der Waals surface area contributed by atoms with E-state index in [1.165, 1.54) is 10.5 Å². The predicted molar refractivity (Wildman–Crippen MR) is 90.2 cm³/mol. The Bertz CT molecular complexity index is 787. The highest BCUT2D eigenvalue weighted by atomic mass is 32.2. The topological polar surface area (TPSA) is 17.1 Å². The van der Waals surface area contributed by atoms with Gasteiger partial charge in [0.25, 0.3) is 0 Å². The molecule has 3 aromatic carbocycles. The van der Waals surface area contributed by atoms with Crippen molar-refractivity contribution in [2.75, 3.05) is 5.75 Å². The van der Waals surface area contributed by atoms with Crippen LogP contribution in [0.1, 0.15) is 15.9 Å². The molecule has 0 radical (unpaired) electrons. The van der Waals surface area contributed by atoms with Crippen molar-refractivity contribution < 1.29 is 4.79 Å². The van der Waals surface area contributed by atoms with Crippen LogP contribution in [0.2, 0.25) is 0 Å². The van der Waals surface area contributed by atoms with Crippen molar-refractivity contribution in [3.05, 3.63) is 77.9 Å². The van der Waals surface area contributed by atoms with Crippen molar-refractivity contribution in [2.24, 2.45) is 0 Å². The molecule has 0 N–H and O–H groups in total. The predicted octanol–water partition coefficient (Wildman–Crippen LogP) is 5.12. The van der Waals surface area contributed by atoms with Gasteiger partial charge in [-0.15, -0.1) is 11.8 Å². The maximum absolute atomic E-state index is 12.5. The van der Waals surface area contributed by atoms with E-state index in [0.717, 1.165) is 16.3 Å². The summed E-state index contributed by atoms with van der Waals surface area (Å²) in [6.07, 6.45) is 0. The van der Waals surface area contributed by atoms with Crippen LogP contribution in [-0.2, 0) is 0 Å². The average Bonchev–Trinajstić information content (AvgIpc) is 2.53. The van der Waals surface area contributed by atoms with Crippen LogP contribution in [0.5, 0.6) is 0 Å². The molecule has 0 aliphatic heterocycles. The van der Waals surface area contributed by atoms with Gasteiger partial charge in [-0.1, -0.05) is 60.7 Å². The largest absolute Gasteiger partial charge is 0.293 e. The summed E-state index contributed by atoms with van der Waals surface area (Å²) in [4.78, 5) is 13.7. The molecule has 104 valence electrons. The van der Waals surface area contributed by atoms with Gasteiger partial charge in [0.05, 0.1) is 5.75 Å². The minimum absolute atomic E-state index is 0.181. The van der Waals surface area contributed by atoms with Crippen LogP contribution in [0.25, 0.3) is 10.8 Å². The number of fused-ring (bicyclic) bond motifs is 1. The van der Waals surface area contributed by atoms with Crippen LogP contribution < -0.4 is 0 Å². The molecule has 0 atom stereocenters. The number of carbonyl (C=O) groups is 1. The third-order valence-corrected chi connectivity index (χ3v) is 4.72. The third-order valence-electron chi connectivity index (χ3n) is 3.54. The fraction of sp³-hybridized carbons (Fsp3) is 0.105. The van der Waals surface area contributed by atoms with Crippen LogP contribution in [-0.4, -0.2) is 11.5 Å². The lowest BCUT2D eigenvalue weighted by atomic mass is 10.0. The smallest absolute Gasteiger partial charge is 0.173 e. The second-order valence-corrected chi connectivity index (χ2v) is 6.02. The Balaban J connectivity index is 1.83. The second-order valence-electron chi connectivity index (χ2n) is 5.00. The molecule has 0 saturated carbocycles. The number of Topliss-reactive ketones (excluding diaryl/α,β-unsaturated/α-hetero) is 1. The molecular weight excluding hydrogens is 276 g/mol. The van der Waals surface area contributed by atoms with Crippen LogP contribution in [0.3, 0.4) is 0 Å². The minimum atomic E-state index is 0.181. The Kier molecular flexibility index (Phi) is 4.07. The lowest BCUT2D eigenvalue weighted by Crippen LogP contribution is -2.03. The summed E-state index contributed by atoms with van der Waals surface area (Å²) in [5, 5.41) is 2.15. The fourth-order valence-electron chi connectivity index (χ4n) is 2.41. The van der Waals surface area contributed by atoms with E-state index in [-0.39, 0.29) is 5.78 Å². The Morgan fingerprint density at radius 1 is 0.905 bits per heavy atom. The van der Waals surface area contributed by atoms with Gasteiger partial charge in [-0.3, -0.25) is 4.79 Å². The van der Waals surface area contributed by atoms with Gasteiger partial charge in [0.15, 0.2) is 5.78 Å². The normalized spacial score (nSPS) is 10.7. The van der Waals surface area contributed by atoms with Gasteiger partial charge in [-0.05, 0) is 29.3 Å². The summed E-state index contributed by atoms with van der Waals surface area (Å²) < 4.78 is 0. The quantitative estimate of drug-likeness (QED) is 0.490. The second kappa shape index (κ2) is 6.15. The van der Waals surface area contributed by atoms with Crippen molar-refractivity contribution in [1.82, 2.24) is 0 Å². The van der Waals surface area contributed by atoms with Gasteiger partial charge in [-0.25, -0.2) is 0 Å². The van der Waals surface area contributed by atoms with Crippen LogP contribution in [0.15, 0.2) is 71.6 Å². The summed E-state index contributed by atoms with van der Waals surface area (Å²) in [5.41, 5.74) is 2.03. The minimum Gasteiger partial charge on any atom is -0.293 e. The number of hydrogen-bond donors (Lipinski definition) is 0. The number of aryl methyl sites for hydroxylation is 1. The first kappa shape index (κ1) is 13.9. The first-order chi connectivity index (χ1) is 10.3. The highest BCUT2D eigenvalue weighted by Crippen LogP contribution is 2.25. The van der Waals surface area contributed by atoms with E-state index in [9.17, 15) is 4.79 Å². The number of ketones is 1. The number of benzene rings is 3. The standard InChI is InChI=1S/C19H16OS/c1-14-7-2-5-12-19(14)21-13-18(20)17-11-6-9-15-8-3-4-10-16(15)17/h2-12H,13H2,1H3. The van der Waals surface area contributed by atoms with Crippen molar-refractivity contribution in [3.8, 4) is 0 Å². The summed E-state index contributed by atoms with van der Waals surface area (Å²) in [5.74, 6) is 0.652.